The van der Waals surface area contributed by atoms with E-state index in [1.165, 1.54) is 18.6 Å². The summed E-state index contributed by atoms with van der Waals surface area (Å²) in [5.74, 6) is 0.707. The smallest absolute Gasteiger partial charge is 0.240 e. The normalized spacial score (nSPS) is 34.7. The summed E-state index contributed by atoms with van der Waals surface area (Å²) in [6, 6.07) is 8.94. The SMILES string of the molecule is C[C@@H](CN1C[C@H]2C[C@@H]1C(=O)N2[C@@H](c1ccc(F)cc1)C1CCC1)C(=O)N1C2C[C@H]2C[C@H]1C#N. The van der Waals surface area contributed by atoms with E-state index in [0.717, 1.165) is 44.2 Å². The molecule has 0 aromatic heterocycles. The molecule has 5 aliphatic rings. The number of fused-ring (bicyclic) bond motifs is 3. The Morgan fingerprint density at radius 2 is 1.97 bits per heavy atom. The van der Waals surface area contributed by atoms with E-state index in [2.05, 4.69) is 15.9 Å². The van der Waals surface area contributed by atoms with E-state index in [0.29, 0.717) is 18.4 Å². The monoisotopic (exact) mass is 450 g/mol. The van der Waals surface area contributed by atoms with Crippen LogP contribution in [0.3, 0.4) is 0 Å². The maximum atomic E-state index is 13.5. The van der Waals surface area contributed by atoms with E-state index in [-0.39, 0.29) is 53.8 Å². The number of rotatable bonds is 6. The summed E-state index contributed by atoms with van der Waals surface area (Å²) >= 11 is 0. The molecule has 2 aliphatic carbocycles. The van der Waals surface area contributed by atoms with Gasteiger partial charge in [0.15, 0.2) is 0 Å². The molecule has 0 radical (unpaired) electrons. The largest absolute Gasteiger partial charge is 0.330 e. The van der Waals surface area contributed by atoms with Crippen molar-refractivity contribution >= 4 is 11.8 Å². The standard InChI is InChI=1S/C26H31FN4O2/c1-15(25(32)30-20(12-28)9-18-10-22(18)30)13-29-14-21-11-23(29)26(33)31(21)24(16-3-2-4-16)17-5-7-19(27)8-6-17/h5-8,15-16,18,20-24H,2-4,9-11,13-14H2,1H3/t15-,18+,20-,21+,22?,23+,24+/m0/s1. The van der Waals surface area contributed by atoms with Crippen LogP contribution in [-0.4, -0.2) is 63.8 Å². The van der Waals surface area contributed by atoms with Crippen LogP contribution in [-0.2, 0) is 9.59 Å². The summed E-state index contributed by atoms with van der Waals surface area (Å²) in [4.78, 5) is 32.8. The molecule has 1 aromatic carbocycles. The molecule has 3 saturated heterocycles. The molecular weight excluding hydrogens is 419 g/mol. The third kappa shape index (κ3) is 3.37. The minimum atomic E-state index is -0.283. The van der Waals surface area contributed by atoms with E-state index in [1.54, 1.807) is 0 Å². The highest BCUT2D eigenvalue weighted by atomic mass is 19.1. The number of piperidine rings is 1. The lowest BCUT2D eigenvalue weighted by Gasteiger charge is -2.45. The van der Waals surface area contributed by atoms with Gasteiger partial charge in [0.1, 0.15) is 11.9 Å². The van der Waals surface area contributed by atoms with Crippen LogP contribution in [0, 0.1) is 34.9 Å². The first-order chi connectivity index (χ1) is 16.0. The molecule has 2 saturated carbocycles. The van der Waals surface area contributed by atoms with E-state index >= 15 is 0 Å². The summed E-state index contributed by atoms with van der Waals surface area (Å²) in [5.41, 5.74) is 1.03. The van der Waals surface area contributed by atoms with Gasteiger partial charge in [-0.25, -0.2) is 4.39 Å². The van der Waals surface area contributed by atoms with Gasteiger partial charge in [0.2, 0.25) is 11.8 Å². The Balaban J connectivity index is 1.15. The number of piperazine rings is 1. The van der Waals surface area contributed by atoms with Crippen molar-refractivity contribution in [3.8, 4) is 6.07 Å². The van der Waals surface area contributed by atoms with Gasteiger partial charge in [0.25, 0.3) is 0 Å². The first-order valence-corrected chi connectivity index (χ1v) is 12.5. The first kappa shape index (κ1) is 21.1. The van der Waals surface area contributed by atoms with Crippen LogP contribution in [0.2, 0.25) is 0 Å². The minimum absolute atomic E-state index is 0.0239. The van der Waals surface area contributed by atoms with E-state index < -0.39 is 0 Å². The molecule has 5 fully saturated rings. The average Bonchev–Trinajstić information content (AvgIpc) is 3.11. The molecule has 3 heterocycles. The predicted molar refractivity (Wildman–Crippen MR) is 119 cm³/mol. The molecule has 174 valence electrons. The number of hydrogen-bond donors (Lipinski definition) is 0. The number of carbonyl (C=O) groups excluding carboxylic acids is 2. The van der Waals surface area contributed by atoms with Gasteiger partial charge >= 0.3 is 0 Å². The lowest BCUT2D eigenvalue weighted by Crippen LogP contribution is -2.55. The van der Waals surface area contributed by atoms with Crippen molar-refractivity contribution in [1.29, 1.82) is 5.26 Å². The van der Waals surface area contributed by atoms with Gasteiger partial charge in [-0.05, 0) is 61.6 Å². The zero-order valence-electron chi connectivity index (χ0n) is 19.1. The molecule has 6 nitrogen and oxygen atoms in total. The van der Waals surface area contributed by atoms with Crippen molar-refractivity contribution in [2.45, 2.75) is 75.7 Å². The summed E-state index contributed by atoms with van der Waals surface area (Å²) in [6.45, 7) is 3.29. The Kier molecular flexibility index (Phi) is 4.99. The number of benzene rings is 1. The van der Waals surface area contributed by atoms with Gasteiger partial charge in [-0.3, -0.25) is 14.5 Å². The van der Waals surface area contributed by atoms with Crippen LogP contribution < -0.4 is 0 Å². The molecule has 1 aromatic rings. The first-order valence-electron chi connectivity index (χ1n) is 12.5. The van der Waals surface area contributed by atoms with Crippen LogP contribution in [0.5, 0.6) is 0 Å². The Hall–Kier alpha value is -2.46. The minimum Gasteiger partial charge on any atom is -0.330 e. The lowest BCUT2D eigenvalue weighted by atomic mass is 9.76. The zero-order valence-corrected chi connectivity index (χ0v) is 19.1. The van der Waals surface area contributed by atoms with Crippen LogP contribution in [0.4, 0.5) is 4.39 Å². The number of halogens is 1. The summed E-state index contributed by atoms with van der Waals surface area (Å²) in [7, 11) is 0. The number of amides is 2. The molecule has 3 aliphatic heterocycles. The third-order valence-corrected chi connectivity index (χ3v) is 8.86. The second-order valence-electron chi connectivity index (χ2n) is 10.9. The summed E-state index contributed by atoms with van der Waals surface area (Å²) in [6.07, 6.45) is 6.05. The second-order valence-corrected chi connectivity index (χ2v) is 10.9. The highest BCUT2D eigenvalue weighted by Crippen LogP contribution is 2.49. The van der Waals surface area contributed by atoms with Gasteiger partial charge in [0, 0.05) is 31.1 Å². The van der Waals surface area contributed by atoms with Crippen molar-refractivity contribution < 1.29 is 14.0 Å². The summed E-state index contributed by atoms with van der Waals surface area (Å²) in [5, 5.41) is 9.45. The zero-order chi connectivity index (χ0) is 22.9. The van der Waals surface area contributed by atoms with Gasteiger partial charge in [-0.2, -0.15) is 5.26 Å². The van der Waals surface area contributed by atoms with Crippen molar-refractivity contribution in [2.24, 2.45) is 17.8 Å². The highest BCUT2D eigenvalue weighted by molar-refractivity contribution is 5.86. The van der Waals surface area contributed by atoms with Crippen molar-refractivity contribution in [3.05, 3.63) is 35.6 Å². The topological polar surface area (TPSA) is 67.7 Å². The maximum absolute atomic E-state index is 13.5. The number of hydrogen-bond acceptors (Lipinski definition) is 4. The molecule has 33 heavy (non-hydrogen) atoms. The number of carbonyl (C=O) groups is 2. The molecule has 2 bridgehead atoms. The predicted octanol–water partition coefficient (Wildman–Crippen LogP) is 3.10. The molecule has 6 rings (SSSR count). The fraction of sp³-hybridized carbons (Fsp3) is 0.654. The fourth-order valence-corrected chi connectivity index (χ4v) is 6.90. The van der Waals surface area contributed by atoms with Crippen LogP contribution >= 0.6 is 0 Å². The van der Waals surface area contributed by atoms with Gasteiger partial charge in [0.05, 0.1) is 18.2 Å². The third-order valence-electron chi connectivity index (χ3n) is 8.86. The van der Waals surface area contributed by atoms with Crippen LogP contribution in [0.15, 0.2) is 24.3 Å². The highest BCUT2D eigenvalue weighted by Gasteiger charge is 2.56. The van der Waals surface area contributed by atoms with Crippen molar-refractivity contribution in [2.75, 3.05) is 13.1 Å². The van der Waals surface area contributed by atoms with Gasteiger partial charge < -0.3 is 9.80 Å². The Bertz CT molecular complexity index is 1000. The van der Waals surface area contributed by atoms with Crippen LogP contribution in [0.25, 0.3) is 0 Å². The van der Waals surface area contributed by atoms with Crippen LogP contribution in [0.1, 0.15) is 57.1 Å². The van der Waals surface area contributed by atoms with Crippen molar-refractivity contribution in [1.82, 2.24) is 14.7 Å². The molecule has 0 spiro atoms. The number of nitrogens with zero attached hydrogens (tertiary/aromatic N) is 4. The average molecular weight is 451 g/mol. The molecule has 7 atom stereocenters. The maximum Gasteiger partial charge on any atom is 0.240 e. The van der Waals surface area contributed by atoms with E-state index in [9.17, 15) is 19.2 Å². The lowest BCUT2D eigenvalue weighted by molar-refractivity contribution is -0.144. The van der Waals surface area contributed by atoms with Crippen molar-refractivity contribution in [3.63, 3.8) is 0 Å². The summed E-state index contributed by atoms with van der Waals surface area (Å²) < 4.78 is 13.5. The Morgan fingerprint density at radius 1 is 1.21 bits per heavy atom. The Morgan fingerprint density at radius 3 is 2.61 bits per heavy atom. The van der Waals surface area contributed by atoms with E-state index in [1.807, 2.05) is 24.0 Å². The molecule has 7 heteroatoms. The van der Waals surface area contributed by atoms with Gasteiger partial charge in [-0.15, -0.1) is 0 Å². The molecule has 1 unspecified atom stereocenters. The quantitative estimate of drug-likeness (QED) is 0.668. The molecule has 0 N–H and O–H groups in total. The molecule has 2 amide bonds. The number of likely N-dealkylation sites (tertiary alicyclic amines) is 3. The van der Waals surface area contributed by atoms with Gasteiger partial charge in [-0.1, -0.05) is 25.5 Å². The molecular formula is C26H31FN4O2. The fourth-order valence-electron chi connectivity index (χ4n) is 6.90. The number of nitriles is 1. The second kappa shape index (κ2) is 7.80. The Labute approximate surface area is 194 Å². The van der Waals surface area contributed by atoms with E-state index in [4.69, 9.17) is 0 Å².